The van der Waals surface area contributed by atoms with E-state index in [1.807, 2.05) is 0 Å². The number of hydrogen-bond acceptors (Lipinski definition) is 2. The van der Waals surface area contributed by atoms with Crippen LogP contribution in [0.25, 0.3) is 0 Å². The van der Waals surface area contributed by atoms with Crippen LogP contribution in [0.5, 0.6) is 0 Å². The van der Waals surface area contributed by atoms with Crippen LogP contribution in [-0.2, 0) is 4.74 Å². The molecule has 0 aliphatic rings. The van der Waals surface area contributed by atoms with E-state index in [-0.39, 0.29) is 6.61 Å². The van der Waals surface area contributed by atoms with Crippen molar-refractivity contribution in [3.05, 3.63) is 47.7 Å². The molecule has 0 fully saturated rings. The highest BCUT2D eigenvalue weighted by molar-refractivity contribution is 5.35. The maximum atomic E-state index is 12.5. The van der Waals surface area contributed by atoms with E-state index >= 15 is 0 Å². The molecule has 0 aliphatic carbocycles. The molecule has 0 spiro atoms. The monoisotopic (exact) mass is 270 g/mol. The van der Waals surface area contributed by atoms with Crippen LogP contribution >= 0.6 is 0 Å². The number of halogens is 3. The van der Waals surface area contributed by atoms with Crippen LogP contribution < -0.4 is 0 Å². The van der Waals surface area contributed by atoms with Gasteiger partial charge in [-0.3, -0.25) is 0 Å². The minimum absolute atomic E-state index is 0.135. The highest BCUT2D eigenvalue weighted by atomic mass is 19.4. The molecule has 2 nitrogen and oxygen atoms in total. The lowest BCUT2D eigenvalue weighted by atomic mass is 10.2. The molecule has 1 rings (SSSR count). The Balaban J connectivity index is 2.83. The molecule has 1 N–H and O–H groups in total. The second-order valence-corrected chi connectivity index (χ2v) is 3.54. The van der Waals surface area contributed by atoms with Crippen LogP contribution in [0.2, 0.25) is 0 Å². The van der Waals surface area contributed by atoms with Gasteiger partial charge < -0.3 is 9.84 Å². The van der Waals surface area contributed by atoms with Crippen molar-refractivity contribution in [1.82, 2.24) is 0 Å². The Kier molecular flexibility index (Phi) is 5.46. The first-order valence-corrected chi connectivity index (χ1v) is 5.60. The highest BCUT2D eigenvalue weighted by Crippen LogP contribution is 2.26. The van der Waals surface area contributed by atoms with E-state index in [2.05, 4.69) is 16.6 Å². The molecule has 0 aromatic heterocycles. The fraction of sp³-hybridized carbons (Fsp3) is 0.286. The Labute approximate surface area is 109 Å². The Bertz CT molecular complexity index is 481. The number of allylic oxidation sites excluding steroid dienone is 1. The molecular weight excluding hydrogens is 257 g/mol. The van der Waals surface area contributed by atoms with Crippen LogP contribution in [0, 0.1) is 11.8 Å². The Morgan fingerprint density at radius 3 is 2.53 bits per heavy atom. The first kappa shape index (κ1) is 15.1. The van der Waals surface area contributed by atoms with Gasteiger partial charge in [0.25, 0.3) is 0 Å². The molecule has 0 amide bonds. The summed E-state index contributed by atoms with van der Waals surface area (Å²) in [5.74, 6) is 3.65. The second-order valence-electron chi connectivity index (χ2n) is 3.54. The zero-order valence-electron chi connectivity index (χ0n) is 10.2. The molecule has 0 radical (unpaired) electrons. The van der Waals surface area contributed by atoms with Crippen molar-refractivity contribution in [3.8, 4) is 11.8 Å². The number of rotatable bonds is 3. The summed E-state index contributed by atoms with van der Waals surface area (Å²) in [4.78, 5) is 0. The maximum Gasteiger partial charge on any atom is 0.448 e. The summed E-state index contributed by atoms with van der Waals surface area (Å²) in [5, 5.41) is 9.44. The molecule has 19 heavy (non-hydrogen) atoms. The molecule has 102 valence electrons. The van der Waals surface area contributed by atoms with Crippen molar-refractivity contribution in [3.63, 3.8) is 0 Å². The van der Waals surface area contributed by atoms with Gasteiger partial charge in [0, 0.05) is 11.6 Å². The first-order chi connectivity index (χ1) is 8.93. The van der Waals surface area contributed by atoms with E-state index in [0.717, 1.165) is 0 Å². The molecular formula is C14H13F3O2. The lowest BCUT2D eigenvalue weighted by Gasteiger charge is -2.12. The standard InChI is InChI=1S/C14H13F3O2/c1-2-19-13(14(15,16)17)10-12(18)9-8-11-6-4-3-5-7-11/h3-7,10,12,18H,2H2,1H3/b13-10-. The van der Waals surface area contributed by atoms with Crippen LogP contribution in [-0.4, -0.2) is 24.0 Å². The normalized spacial score (nSPS) is 13.4. The predicted octanol–water partition coefficient (Wildman–Crippen LogP) is 2.88. The van der Waals surface area contributed by atoms with E-state index in [4.69, 9.17) is 0 Å². The third kappa shape index (κ3) is 5.49. The molecule has 1 atom stereocenters. The summed E-state index contributed by atoms with van der Waals surface area (Å²) in [7, 11) is 0. The lowest BCUT2D eigenvalue weighted by molar-refractivity contribution is -0.131. The van der Waals surface area contributed by atoms with E-state index in [1.54, 1.807) is 30.3 Å². The molecule has 0 saturated heterocycles. The van der Waals surface area contributed by atoms with Crippen LogP contribution in [0.3, 0.4) is 0 Å². The van der Waals surface area contributed by atoms with Gasteiger partial charge in [0.05, 0.1) is 6.61 Å². The van der Waals surface area contributed by atoms with Gasteiger partial charge in [0.2, 0.25) is 0 Å². The molecule has 0 saturated carbocycles. The molecule has 0 aliphatic heterocycles. The third-order valence-corrected chi connectivity index (χ3v) is 2.03. The number of alkyl halides is 3. The van der Waals surface area contributed by atoms with E-state index in [9.17, 15) is 18.3 Å². The molecule has 1 aromatic rings. The summed E-state index contributed by atoms with van der Waals surface area (Å²) in [6.45, 7) is 1.30. The van der Waals surface area contributed by atoms with Crippen molar-refractivity contribution in [2.24, 2.45) is 0 Å². The molecule has 0 heterocycles. The van der Waals surface area contributed by atoms with Gasteiger partial charge in [-0.1, -0.05) is 30.0 Å². The van der Waals surface area contributed by atoms with Gasteiger partial charge in [-0.05, 0) is 19.1 Å². The first-order valence-electron chi connectivity index (χ1n) is 5.60. The zero-order valence-corrected chi connectivity index (χ0v) is 10.2. The Hall–Kier alpha value is -1.93. The average molecular weight is 270 g/mol. The minimum atomic E-state index is -4.63. The van der Waals surface area contributed by atoms with Gasteiger partial charge in [-0.25, -0.2) is 0 Å². The van der Waals surface area contributed by atoms with Crippen LogP contribution in [0.1, 0.15) is 12.5 Å². The summed E-state index contributed by atoms with van der Waals surface area (Å²) < 4.78 is 41.9. The fourth-order valence-electron chi connectivity index (χ4n) is 1.24. The van der Waals surface area contributed by atoms with Crippen molar-refractivity contribution < 1.29 is 23.0 Å². The topological polar surface area (TPSA) is 29.5 Å². The summed E-state index contributed by atoms with van der Waals surface area (Å²) in [6, 6.07) is 8.66. The molecule has 0 bridgehead atoms. The SMILES string of the molecule is CCO/C(=C\C(O)C#Cc1ccccc1)C(F)(F)F. The number of hydrogen-bond donors (Lipinski definition) is 1. The summed E-state index contributed by atoms with van der Waals surface area (Å²) in [6.07, 6.45) is -5.62. The predicted molar refractivity (Wildman–Crippen MR) is 65.1 cm³/mol. The maximum absolute atomic E-state index is 12.5. The molecule has 1 aromatic carbocycles. The molecule has 1 unspecified atom stereocenters. The zero-order chi connectivity index (χ0) is 14.3. The fourth-order valence-corrected chi connectivity index (χ4v) is 1.24. The highest BCUT2D eigenvalue weighted by Gasteiger charge is 2.36. The quantitative estimate of drug-likeness (QED) is 0.676. The van der Waals surface area contributed by atoms with Gasteiger partial charge in [-0.2, -0.15) is 13.2 Å². The van der Waals surface area contributed by atoms with Gasteiger partial charge in [0.15, 0.2) is 5.76 Å². The summed E-state index contributed by atoms with van der Waals surface area (Å²) in [5.41, 5.74) is 0.611. The third-order valence-electron chi connectivity index (χ3n) is 2.03. The summed E-state index contributed by atoms with van der Waals surface area (Å²) >= 11 is 0. The van der Waals surface area contributed by atoms with Crippen molar-refractivity contribution in [2.45, 2.75) is 19.2 Å². The largest absolute Gasteiger partial charge is 0.489 e. The van der Waals surface area contributed by atoms with Gasteiger partial charge in [-0.15, -0.1) is 0 Å². The number of ether oxygens (including phenoxy) is 1. The van der Waals surface area contributed by atoms with Crippen molar-refractivity contribution in [2.75, 3.05) is 6.61 Å². The number of benzene rings is 1. The minimum Gasteiger partial charge on any atom is -0.489 e. The Morgan fingerprint density at radius 2 is 2.00 bits per heavy atom. The van der Waals surface area contributed by atoms with E-state index in [1.165, 1.54) is 6.92 Å². The van der Waals surface area contributed by atoms with Gasteiger partial charge in [0.1, 0.15) is 6.10 Å². The van der Waals surface area contributed by atoms with Crippen LogP contribution in [0.4, 0.5) is 13.2 Å². The van der Waals surface area contributed by atoms with E-state index < -0.39 is 18.0 Å². The number of aliphatic hydroxyl groups is 1. The molecule has 5 heteroatoms. The number of aliphatic hydroxyl groups excluding tert-OH is 1. The van der Waals surface area contributed by atoms with Crippen molar-refractivity contribution in [1.29, 1.82) is 0 Å². The lowest BCUT2D eigenvalue weighted by Crippen LogP contribution is -2.17. The smallest absolute Gasteiger partial charge is 0.448 e. The van der Waals surface area contributed by atoms with Crippen molar-refractivity contribution >= 4 is 0 Å². The Morgan fingerprint density at radius 1 is 1.37 bits per heavy atom. The second kappa shape index (κ2) is 6.86. The van der Waals surface area contributed by atoms with Crippen LogP contribution in [0.15, 0.2) is 42.2 Å². The average Bonchev–Trinajstić information content (AvgIpc) is 2.36. The van der Waals surface area contributed by atoms with Gasteiger partial charge >= 0.3 is 6.18 Å². The van der Waals surface area contributed by atoms with E-state index in [0.29, 0.717) is 11.6 Å².